The lowest BCUT2D eigenvalue weighted by atomic mass is 10.0. The number of aromatic amines is 1. The standard InChI is InChI=1S/C31H27F3N4O/c32-31(33,34)25-8-10-27-28(16-25)38(18-19-12-14-37(17-19)30(39)22-5-6-22)29(36-27)21-3-1-20(2-4-21)23-7-9-26-24(15-23)11-13-35-26/h1-4,7-11,13,15-16,19,22,35H,5-6,12,14,17-18H2/t19-/m1/s1. The number of alkyl halides is 3. The number of amides is 1. The van der Waals surface area contributed by atoms with Crippen LogP contribution in [0.5, 0.6) is 0 Å². The van der Waals surface area contributed by atoms with Crippen molar-refractivity contribution in [3.63, 3.8) is 0 Å². The van der Waals surface area contributed by atoms with Crippen LogP contribution >= 0.6 is 0 Å². The molecular formula is C31H27F3N4O. The number of nitrogens with one attached hydrogen (secondary N) is 1. The van der Waals surface area contributed by atoms with Crippen molar-refractivity contribution in [2.45, 2.75) is 32.0 Å². The molecule has 8 heteroatoms. The van der Waals surface area contributed by atoms with E-state index in [4.69, 9.17) is 4.98 Å². The van der Waals surface area contributed by atoms with Crippen molar-refractivity contribution in [2.24, 2.45) is 11.8 Å². The van der Waals surface area contributed by atoms with Crippen molar-refractivity contribution in [1.29, 1.82) is 0 Å². The number of fused-ring (bicyclic) bond motifs is 2. The first-order valence-corrected chi connectivity index (χ1v) is 13.4. The van der Waals surface area contributed by atoms with Gasteiger partial charge in [-0.25, -0.2) is 4.98 Å². The van der Waals surface area contributed by atoms with Gasteiger partial charge in [-0.3, -0.25) is 4.79 Å². The normalized spacial score (nSPS) is 17.9. The molecule has 0 bridgehead atoms. The van der Waals surface area contributed by atoms with Crippen LogP contribution in [-0.4, -0.2) is 38.4 Å². The Morgan fingerprint density at radius 1 is 0.923 bits per heavy atom. The van der Waals surface area contributed by atoms with Crippen LogP contribution in [0.15, 0.2) is 72.9 Å². The van der Waals surface area contributed by atoms with Crippen LogP contribution in [0.25, 0.3) is 44.5 Å². The monoisotopic (exact) mass is 528 g/mol. The van der Waals surface area contributed by atoms with Gasteiger partial charge in [0, 0.05) is 42.8 Å². The van der Waals surface area contributed by atoms with Crippen molar-refractivity contribution in [1.82, 2.24) is 19.4 Å². The Balaban J connectivity index is 1.24. The molecule has 2 fully saturated rings. The first-order chi connectivity index (χ1) is 18.8. The van der Waals surface area contributed by atoms with E-state index < -0.39 is 11.7 Å². The second kappa shape index (κ2) is 9.00. The quantitative estimate of drug-likeness (QED) is 0.264. The zero-order valence-corrected chi connectivity index (χ0v) is 21.2. The lowest BCUT2D eigenvalue weighted by Crippen LogP contribution is -2.30. The van der Waals surface area contributed by atoms with Gasteiger partial charge in [-0.1, -0.05) is 30.3 Å². The largest absolute Gasteiger partial charge is 0.416 e. The summed E-state index contributed by atoms with van der Waals surface area (Å²) in [5.74, 6) is 1.19. The Hall–Kier alpha value is -4.07. The van der Waals surface area contributed by atoms with E-state index in [1.54, 1.807) is 0 Å². The van der Waals surface area contributed by atoms with Gasteiger partial charge in [-0.2, -0.15) is 13.2 Å². The van der Waals surface area contributed by atoms with Gasteiger partial charge in [-0.15, -0.1) is 0 Å². The number of nitrogens with zero attached hydrogens (tertiary/aromatic N) is 3. The molecule has 5 aromatic rings. The molecule has 0 spiro atoms. The first-order valence-electron chi connectivity index (χ1n) is 13.4. The number of rotatable bonds is 5. The van der Waals surface area contributed by atoms with E-state index >= 15 is 0 Å². The number of halogens is 3. The summed E-state index contributed by atoms with van der Waals surface area (Å²) in [5, 5.41) is 1.13. The van der Waals surface area contributed by atoms with Crippen molar-refractivity contribution < 1.29 is 18.0 Å². The molecule has 2 aliphatic rings. The molecule has 0 radical (unpaired) electrons. The Morgan fingerprint density at radius 2 is 1.69 bits per heavy atom. The van der Waals surface area contributed by atoms with Gasteiger partial charge < -0.3 is 14.5 Å². The van der Waals surface area contributed by atoms with Crippen molar-refractivity contribution >= 4 is 27.8 Å². The molecule has 1 saturated carbocycles. The molecule has 1 amide bonds. The molecular weight excluding hydrogens is 501 g/mol. The highest BCUT2D eigenvalue weighted by molar-refractivity contribution is 5.86. The van der Waals surface area contributed by atoms with Crippen LogP contribution in [0, 0.1) is 11.8 Å². The van der Waals surface area contributed by atoms with Crippen molar-refractivity contribution in [3.8, 4) is 22.5 Å². The third-order valence-electron chi connectivity index (χ3n) is 8.07. The van der Waals surface area contributed by atoms with E-state index in [0.29, 0.717) is 36.5 Å². The van der Waals surface area contributed by atoms with Gasteiger partial charge in [0.15, 0.2) is 0 Å². The summed E-state index contributed by atoms with van der Waals surface area (Å²) in [5.41, 5.74) is 4.37. The van der Waals surface area contributed by atoms with E-state index in [0.717, 1.165) is 52.9 Å². The van der Waals surface area contributed by atoms with E-state index in [2.05, 4.69) is 23.2 Å². The van der Waals surface area contributed by atoms with Crippen LogP contribution in [0.4, 0.5) is 13.2 Å². The molecule has 1 aliphatic heterocycles. The van der Waals surface area contributed by atoms with E-state index in [1.807, 2.05) is 46.0 Å². The number of hydrogen-bond acceptors (Lipinski definition) is 2. The average molecular weight is 529 g/mol. The highest BCUT2D eigenvalue weighted by Gasteiger charge is 2.37. The Labute approximate surface area is 223 Å². The lowest BCUT2D eigenvalue weighted by molar-refractivity contribution is -0.137. The maximum Gasteiger partial charge on any atom is 0.416 e. The van der Waals surface area contributed by atoms with Crippen molar-refractivity contribution in [3.05, 3.63) is 78.5 Å². The molecule has 2 aromatic heterocycles. The molecule has 198 valence electrons. The van der Waals surface area contributed by atoms with Gasteiger partial charge in [0.05, 0.1) is 16.6 Å². The molecule has 5 nitrogen and oxygen atoms in total. The summed E-state index contributed by atoms with van der Waals surface area (Å²) in [6, 6.07) is 20.1. The molecule has 7 rings (SSSR count). The highest BCUT2D eigenvalue weighted by atomic mass is 19.4. The van der Waals surface area contributed by atoms with Crippen LogP contribution in [-0.2, 0) is 17.5 Å². The Bertz CT molecular complexity index is 1690. The summed E-state index contributed by atoms with van der Waals surface area (Å²) in [6.45, 7) is 1.84. The second-order valence-corrected chi connectivity index (χ2v) is 10.8. The Morgan fingerprint density at radius 3 is 2.46 bits per heavy atom. The van der Waals surface area contributed by atoms with E-state index in [-0.39, 0.29) is 17.7 Å². The SMILES string of the molecule is O=C(C1CC1)N1CC[C@@H](Cn2c(-c3ccc(-c4ccc5[nH]ccc5c4)cc3)nc3ccc(C(F)(F)F)cc32)C1. The number of hydrogen-bond donors (Lipinski definition) is 1. The second-order valence-electron chi connectivity index (χ2n) is 10.8. The number of imidazole rings is 1. The molecule has 1 atom stereocenters. The minimum Gasteiger partial charge on any atom is -0.361 e. The molecule has 0 unspecified atom stereocenters. The topological polar surface area (TPSA) is 53.9 Å². The fourth-order valence-electron chi connectivity index (χ4n) is 5.78. The van der Waals surface area contributed by atoms with Gasteiger partial charge in [0.1, 0.15) is 5.82 Å². The average Bonchev–Trinajstić information content (AvgIpc) is 3.33. The Kier molecular flexibility index (Phi) is 5.54. The highest BCUT2D eigenvalue weighted by Crippen LogP contribution is 2.36. The van der Waals surface area contributed by atoms with Crippen LogP contribution in [0.2, 0.25) is 0 Å². The number of likely N-dealkylation sites (tertiary alicyclic amines) is 1. The van der Waals surface area contributed by atoms with E-state index in [9.17, 15) is 18.0 Å². The summed E-state index contributed by atoms with van der Waals surface area (Å²) in [4.78, 5) is 22.5. The lowest BCUT2D eigenvalue weighted by Gasteiger charge is -2.18. The van der Waals surface area contributed by atoms with Gasteiger partial charge in [0.2, 0.25) is 5.91 Å². The number of benzene rings is 3. The maximum atomic E-state index is 13.6. The fraction of sp³-hybridized carbons (Fsp3) is 0.290. The molecule has 39 heavy (non-hydrogen) atoms. The van der Waals surface area contributed by atoms with Crippen molar-refractivity contribution in [2.75, 3.05) is 13.1 Å². The van der Waals surface area contributed by atoms with E-state index in [1.165, 1.54) is 12.1 Å². The van der Waals surface area contributed by atoms with Crippen LogP contribution < -0.4 is 0 Å². The zero-order chi connectivity index (χ0) is 26.7. The number of H-pyrrole nitrogens is 1. The van der Waals surface area contributed by atoms with Crippen LogP contribution in [0.3, 0.4) is 0 Å². The van der Waals surface area contributed by atoms with Crippen LogP contribution in [0.1, 0.15) is 24.8 Å². The molecule has 1 N–H and O–H groups in total. The zero-order valence-electron chi connectivity index (χ0n) is 21.2. The number of carbonyl (C=O) groups is 1. The maximum absolute atomic E-state index is 13.6. The number of carbonyl (C=O) groups excluding carboxylic acids is 1. The van der Waals surface area contributed by atoms with Gasteiger partial charge in [-0.05, 0) is 78.1 Å². The minimum atomic E-state index is -4.44. The third kappa shape index (κ3) is 4.47. The summed E-state index contributed by atoms with van der Waals surface area (Å²) < 4.78 is 42.7. The fourth-order valence-corrected chi connectivity index (χ4v) is 5.78. The summed E-state index contributed by atoms with van der Waals surface area (Å²) in [7, 11) is 0. The molecule has 1 aliphatic carbocycles. The molecule has 3 heterocycles. The molecule has 1 saturated heterocycles. The van der Waals surface area contributed by atoms with Gasteiger partial charge in [0.25, 0.3) is 0 Å². The minimum absolute atomic E-state index is 0.158. The first kappa shape index (κ1) is 24.0. The summed E-state index contributed by atoms with van der Waals surface area (Å²) in [6.07, 6.45) is 0.235. The smallest absolute Gasteiger partial charge is 0.361 e. The van der Waals surface area contributed by atoms with Gasteiger partial charge >= 0.3 is 6.18 Å². The number of aromatic nitrogens is 3. The third-order valence-corrected chi connectivity index (χ3v) is 8.07. The summed E-state index contributed by atoms with van der Waals surface area (Å²) >= 11 is 0. The predicted molar refractivity (Wildman–Crippen MR) is 145 cm³/mol. The predicted octanol–water partition coefficient (Wildman–Crippen LogP) is 7.13. The molecule has 3 aromatic carbocycles.